The van der Waals surface area contributed by atoms with Gasteiger partial charge in [0.25, 0.3) is 5.91 Å². The van der Waals surface area contributed by atoms with E-state index in [9.17, 15) is 4.79 Å². The first-order valence-electron chi connectivity index (χ1n) is 7.22. The number of carbonyl (C=O) groups excluding carboxylic acids is 1. The fourth-order valence-electron chi connectivity index (χ4n) is 3.31. The van der Waals surface area contributed by atoms with Crippen molar-refractivity contribution in [2.75, 3.05) is 33.4 Å². The zero-order chi connectivity index (χ0) is 14.0. The van der Waals surface area contributed by atoms with Crippen molar-refractivity contribution >= 4 is 5.91 Å². The molecule has 0 saturated carbocycles. The first kappa shape index (κ1) is 13.6. The zero-order valence-electron chi connectivity index (χ0n) is 11.9. The van der Waals surface area contributed by atoms with Crippen LogP contribution in [0.3, 0.4) is 0 Å². The number of benzene rings is 1. The Balaban J connectivity index is 1.61. The number of hydrogen-bond donors (Lipinski definition) is 0. The van der Waals surface area contributed by atoms with Crippen molar-refractivity contribution in [2.45, 2.75) is 18.4 Å². The number of amides is 1. The average Bonchev–Trinajstić information content (AvgIpc) is 2.87. The fraction of sp³-hybridized carbons (Fsp3) is 0.562. The van der Waals surface area contributed by atoms with E-state index in [0.717, 1.165) is 44.7 Å². The van der Waals surface area contributed by atoms with Crippen molar-refractivity contribution in [3.05, 3.63) is 35.9 Å². The maximum absolute atomic E-state index is 12.3. The number of nitrogens with zero attached hydrogens (tertiary/aromatic N) is 1. The summed E-state index contributed by atoms with van der Waals surface area (Å²) in [5.41, 5.74) is 0.650. The van der Waals surface area contributed by atoms with Crippen molar-refractivity contribution < 1.29 is 14.3 Å². The van der Waals surface area contributed by atoms with Gasteiger partial charge in [-0.25, -0.2) is 0 Å². The Morgan fingerprint density at radius 3 is 2.85 bits per heavy atom. The summed E-state index contributed by atoms with van der Waals surface area (Å²) in [6.45, 7) is 3.01. The molecule has 1 atom stereocenters. The van der Waals surface area contributed by atoms with Gasteiger partial charge in [0.15, 0.2) is 0 Å². The maximum atomic E-state index is 12.3. The van der Waals surface area contributed by atoms with Crippen LogP contribution in [-0.2, 0) is 9.47 Å². The van der Waals surface area contributed by atoms with Crippen molar-refractivity contribution in [3.8, 4) is 0 Å². The molecule has 1 amide bonds. The number of hydrogen-bond acceptors (Lipinski definition) is 3. The zero-order valence-corrected chi connectivity index (χ0v) is 11.9. The SMILES string of the molecule is COCCC1CCOC12CN(C(=O)c1ccccc1)C2. The molecular weight excluding hydrogens is 254 g/mol. The van der Waals surface area contributed by atoms with E-state index < -0.39 is 0 Å². The summed E-state index contributed by atoms with van der Waals surface area (Å²) in [5.74, 6) is 0.625. The summed E-state index contributed by atoms with van der Waals surface area (Å²) >= 11 is 0. The van der Waals surface area contributed by atoms with Crippen LogP contribution in [0.4, 0.5) is 0 Å². The molecule has 3 rings (SSSR count). The van der Waals surface area contributed by atoms with Crippen LogP contribution < -0.4 is 0 Å². The minimum Gasteiger partial charge on any atom is -0.385 e. The molecule has 0 N–H and O–H groups in total. The standard InChI is InChI=1S/C16H21NO3/c1-19-9-7-14-8-10-20-16(14)11-17(12-16)15(18)13-5-3-2-4-6-13/h2-6,14H,7-12H2,1H3. The molecule has 0 aromatic heterocycles. The molecule has 2 saturated heterocycles. The van der Waals surface area contributed by atoms with E-state index in [1.165, 1.54) is 0 Å². The molecule has 0 bridgehead atoms. The van der Waals surface area contributed by atoms with Gasteiger partial charge in [0.05, 0.1) is 13.1 Å². The molecule has 1 spiro atoms. The summed E-state index contributed by atoms with van der Waals surface area (Å²) in [7, 11) is 1.73. The molecule has 1 unspecified atom stereocenters. The van der Waals surface area contributed by atoms with Gasteiger partial charge in [-0.2, -0.15) is 0 Å². The van der Waals surface area contributed by atoms with Gasteiger partial charge in [0, 0.05) is 25.9 Å². The van der Waals surface area contributed by atoms with Crippen molar-refractivity contribution in [2.24, 2.45) is 5.92 Å². The van der Waals surface area contributed by atoms with Crippen LogP contribution in [-0.4, -0.2) is 49.8 Å². The van der Waals surface area contributed by atoms with Gasteiger partial charge >= 0.3 is 0 Å². The van der Waals surface area contributed by atoms with Crippen LogP contribution in [0.25, 0.3) is 0 Å². The van der Waals surface area contributed by atoms with Gasteiger partial charge in [-0.1, -0.05) is 18.2 Å². The molecule has 4 nitrogen and oxygen atoms in total. The quantitative estimate of drug-likeness (QED) is 0.843. The molecule has 2 fully saturated rings. The predicted octanol–water partition coefficient (Wildman–Crippen LogP) is 1.95. The highest BCUT2D eigenvalue weighted by Gasteiger charge is 2.54. The Morgan fingerprint density at radius 2 is 2.15 bits per heavy atom. The van der Waals surface area contributed by atoms with Crippen LogP contribution in [0.1, 0.15) is 23.2 Å². The number of ether oxygens (including phenoxy) is 2. The molecule has 1 aromatic rings. The lowest BCUT2D eigenvalue weighted by Gasteiger charge is -2.50. The molecule has 0 aliphatic carbocycles. The Kier molecular flexibility index (Phi) is 3.76. The molecule has 0 radical (unpaired) electrons. The normalized spacial score (nSPS) is 23.9. The number of methoxy groups -OCH3 is 1. The lowest BCUT2D eigenvalue weighted by atomic mass is 9.79. The summed E-state index contributed by atoms with van der Waals surface area (Å²) in [6, 6.07) is 9.46. The van der Waals surface area contributed by atoms with E-state index in [0.29, 0.717) is 5.92 Å². The molecule has 108 valence electrons. The molecule has 20 heavy (non-hydrogen) atoms. The second-order valence-electron chi connectivity index (χ2n) is 5.71. The van der Waals surface area contributed by atoms with Crippen molar-refractivity contribution in [1.29, 1.82) is 0 Å². The van der Waals surface area contributed by atoms with Crippen LogP contribution >= 0.6 is 0 Å². The van der Waals surface area contributed by atoms with Gasteiger partial charge in [-0.3, -0.25) is 4.79 Å². The first-order chi connectivity index (χ1) is 9.75. The van der Waals surface area contributed by atoms with E-state index in [4.69, 9.17) is 9.47 Å². The number of rotatable bonds is 4. The third-order valence-electron chi connectivity index (χ3n) is 4.50. The van der Waals surface area contributed by atoms with E-state index >= 15 is 0 Å². The molecule has 2 heterocycles. The fourth-order valence-corrected chi connectivity index (χ4v) is 3.31. The minimum absolute atomic E-state index is 0.108. The second kappa shape index (κ2) is 5.54. The first-order valence-corrected chi connectivity index (χ1v) is 7.22. The third kappa shape index (κ3) is 2.34. The highest BCUT2D eigenvalue weighted by atomic mass is 16.5. The van der Waals surface area contributed by atoms with Gasteiger partial charge in [-0.15, -0.1) is 0 Å². The maximum Gasteiger partial charge on any atom is 0.254 e. The Hall–Kier alpha value is -1.39. The average molecular weight is 275 g/mol. The molecule has 2 aliphatic rings. The van der Waals surface area contributed by atoms with E-state index in [2.05, 4.69) is 0 Å². The van der Waals surface area contributed by atoms with Gasteiger partial charge in [-0.05, 0) is 30.9 Å². The monoisotopic (exact) mass is 275 g/mol. The lowest BCUT2D eigenvalue weighted by molar-refractivity contribution is -0.120. The topological polar surface area (TPSA) is 38.8 Å². The predicted molar refractivity (Wildman–Crippen MR) is 75.6 cm³/mol. The van der Waals surface area contributed by atoms with E-state index in [-0.39, 0.29) is 11.5 Å². The van der Waals surface area contributed by atoms with Crippen LogP contribution in [0.5, 0.6) is 0 Å². The summed E-state index contributed by atoms with van der Waals surface area (Å²) < 4.78 is 11.1. The van der Waals surface area contributed by atoms with E-state index in [1.54, 1.807) is 7.11 Å². The molecule has 2 aliphatic heterocycles. The van der Waals surface area contributed by atoms with Crippen molar-refractivity contribution in [3.63, 3.8) is 0 Å². The van der Waals surface area contributed by atoms with Gasteiger partial charge in [0.1, 0.15) is 5.60 Å². The highest BCUT2D eigenvalue weighted by molar-refractivity contribution is 5.94. The summed E-state index contributed by atoms with van der Waals surface area (Å²) in [6.07, 6.45) is 2.10. The third-order valence-corrected chi connectivity index (χ3v) is 4.50. The summed E-state index contributed by atoms with van der Waals surface area (Å²) in [4.78, 5) is 14.2. The molecular formula is C16H21NO3. The van der Waals surface area contributed by atoms with Gasteiger partial charge in [0.2, 0.25) is 0 Å². The second-order valence-corrected chi connectivity index (χ2v) is 5.71. The smallest absolute Gasteiger partial charge is 0.254 e. The molecule has 4 heteroatoms. The Labute approximate surface area is 119 Å². The Morgan fingerprint density at radius 1 is 1.40 bits per heavy atom. The lowest BCUT2D eigenvalue weighted by Crippen LogP contribution is -2.66. The van der Waals surface area contributed by atoms with E-state index in [1.807, 2.05) is 35.2 Å². The largest absolute Gasteiger partial charge is 0.385 e. The van der Waals surface area contributed by atoms with Gasteiger partial charge < -0.3 is 14.4 Å². The van der Waals surface area contributed by atoms with Crippen LogP contribution in [0, 0.1) is 5.92 Å². The molecule has 1 aromatic carbocycles. The minimum atomic E-state index is -0.108. The van der Waals surface area contributed by atoms with Crippen LogP contribution in [0.15, 0.2) is 30.3 Å². The Bertz CT molecular complexity index is 468. The highest BCUT2D eigenvalue weighted by Crippen LogP contribution is 2.42. The van der Waals surface area contributed by atoms with Crippen LogP contribution in [0.2, 0.25) is 0 Å². The van der Waals surface area contributed by atoms with Crippen molar-refractivity contribution in [1.82, 2.24) is 4.90 Å². The number of likely N-dealkylation sites (tertiary alicyclic amines) is 1. The summed E-state index contributed by atoms with van der Waals surface area (Å²) in [5, 5.41) is 0. The number of carbonyl (C=O) groups is 1.